The van der Waals surface area contributed by atoms with Gasteiger partial charge in [0.2, 0.25) is 11.8 Å². The van der Waals surface area contributed by atoms with Gasteiger partial charge in [-0.05, 0) is 38.3 Å². The number of hydrogen-bond acceptors (Lipinski definition) is 5. The zero-order chi connectivity index (χ0) is 17.2. The zero-order valence-corrected chi connectivity index (χ0v) is 15.2. The molecular formula is C18H23N3O2S. The van der Waals surface area contributed by atoms with E-state index in [0.29, 0.717) is 17.5 Å². The standard InChI is InChI=1S/C18H23N3O2S/c1-12-6-7-13(2)15(10-12)24-11-16(22)20-18(8-4-5-9-18)17-19-14(3)23-21-17/h6-7,10H,4-5,8-9,11H2,1-3H3,(H,20,22). The fourth-order valence-corrected chi connectivity index (χ4v) is 4.11. The van der Waals surface area contributed by atoms with Crippen LogP contribution in [-0.4, -0.2) is 21.8 Å². The van der Waals surface area contributed by atoms with Gasteiger partial charge in [-0.2, -0.15) is 4.98 Å². The van der Waals surface area contributed by atoms with Crippen LogP contribution in [0.2, 0.25) is 0 Å². The van der Waals surface area contributed by atoms with Crippen molar-refractivity contribution in [2.45, 2.75) is 56.9 Å². The van der Waals surface area contributed by atoms with Crippen molar-refractivity contribution in [1.82, 2.24) is 15.5 Å². The van der Waals surface area contributed by atoms with E-state index in [4.69, 9.17) is 4.52 Å². The highest BCUT2D eigenvalue weighted by Crippen LogP contribution is 2.37. The van der Waals surface area contributed by atoms with Crippen LogP contribution >= 0.6 is 11.8 Å². The molecule has 0 spiro atoms. The van der Waals surface area contributed by atoms with E-state index < -0.39 is 5.54 Å². The molecule has 1 aromatic heterocycles. The van der Waals surface area contributed by atoms with Crippen molar-refractivity contribution < 1.29 is 9.32 Å². The molecule has 0 saturated heterocycles. The Hall–Kier alpha value is -1.82. The molecule has 6 heteroatoms. The third-order valence-electron chi connectivity index (χ3n) is 4.49. The van der Waals surface area contributed by atoms with E-state index >= 15 is 0 Å². The largest absolute Gasteiger partial charge is 0.342 e. The maximum absolute atomic E-state index is 12.5. The molecule has 24 heavy (non-hydrogen) atoms. The van der Waals surface area contributed by atoms with Gasteiger partial charge in [0.05, 0.1) is 5.75 Å². The molecule has 0 radical (unpaired) electrons. The topological polar surface area (TPSA) is 68.0 Å². The van der Waals surface area contributed by atoms with E-state index in [1.165, 1.54) is 11.1 Å². The number of thioether (sulfide) groups is 1. The molecule has 1 fully saturated rings. The summed E-state index contributed by atoms with van der Waals surface area (Å²) in [5.41, 5.74) is 1.94. The third-order valence-corrected chi connectivity index (χ3v) is 5.65. The summed E-state index contributed by atoms with van der Waals surface area (Å²) in [6, 6.07) is 6.31. The van der Waals surface area contributed by atoms with Crippen molar-refractivity contribution in [1.29, 1.82) is 0 Å². The molecule has 1 saturated carbocycles. The van der Waals surface area contributed by atoms with Gasteiger partial charge in [0.15, 0.2) is 5.82 Å². The smallest absolute Gasteiger partial charge is 0.231 e. The molecule has 1 aliphatic rings. The van der Waals surface area contributed by atoms with Crippen molar-refractivity contribution in [3.63, 3.8) is 0 Å². The molecule has 5 nitrogen and oxygen atoms in total. The second-order valence-corrected chi connectivity index (χ2v) is 7.55. The molecule has 0 unspecified atom stereocenters. The van der Waals surface area contributed by atoms with Crippen molar-refractivity contribution in [3.05, 3.63) is 41.0 Å². The number of benzene rings is 1. The van der Waals surface area contributed by atoms with E-state index in [1.54, 1.807) is 18.7 Å². The molecule has 1 aromatic carbocycles. The van der Waals surface area contributed by atoms with Crippen LogP contribution in [0, 0.1) is 20.8 Å². The number of hydrogen-bond donors (Lipinski definition) is 1. The van der Waals surface area contributed by atoms with Gasteiger partial charge in [0.25, 0.3) is 0 Å². The minimum atomic E-state index is -0.461. The van der Waals surface area contributed by atoms with Crippen molar-refractivity contribution in [2.75, 3.05) is 5.75 Å². The molecule has 1 amide bonds. The fourth-order valence-electron chi connectivity index (χ4n) is 3.19. The lowest BCUT2D eigenvalue weighted by Gasteiger charge is -2.26. The van der Waals surface area contributed by atoms with Crippen LogP contribution < -0.4 is 5.32 Å². The molecule has 0 aliphatic heterocycles. The summed E-state index contributed by atoms with van der Waals surface area (Å²) in [4.78, 5) is 18.1. The monoisotopic (exact) mass is 345 g/mol. The lowest BCUT2D eigenvalue weighted by atomic mass is 9.96. The number of aromatic nitrogens is 2. The summed E-state index contributed by atoms with van der Waals surface area (Å²) in [6.45, 7) is 5.91. The molecule has 2 aromatic rings. The van der Waals surface area contributed by atoms with E-state index in [2.05, 4.69) is 47.5 Å². The third kappa shape index (κ3) is 3.64. The van der Waals surface area contributed by atoms with Crippen molar-refractivity contribution in [3.8, 4) is 0 Å². The summed E-state index contributed by atoms with van der Waals surface area (Å²) in [7, 11) is 0. The highest BCUT2D eigenvalue weighted by molar-refractivity contribution is 8.00. The SMILES string of the molecule is Cc1ccc(C)c(SCC(=O)NC2(c3noc(C)n3)CCCC2)c1. The summed E-state index contributed by atoms with van der Waals surface area (Å²) < 4.78 is 5.12. The lowest BCUT2D eigenvalue weighted by Crippen LogP contribution is -2.45. The Morgan fingerprint density at radius 3 is 2.71 bits per heavy atom. The summed E-state index contributed by atoms with van der Waals surface area (Å²) in [5, 5.41) is 7.24. The molecule has 1 aliphatic carbocycles. The van der Waals surface area contributed by atoms with E-state index in [0.717, 1.165) is 30.6 Å². The van der Waals surface area contributed by atoms with Crippen LogP contribution in [0.3, 0.4) is 0 Å². The highest BCUT2D eigenvalue weighted by Gasteiger charge is 2.41. The Bertz CT molecular complexity index is 736. The van der Waals surface area contributed by atoms with Crippen LogP contribution in [-0.2, 0) is 10.3 Å². The first-order valence-corrected chi connectivity index (χ1v) is 9.29. The minimum Gasteiger partial charge on any atom is -0.342 e. The first-order valence-electron chi connectivity index (χ1n) is 8.30. The van der Waals surface area contributed by atoms with Gasteiger partial charge in [-0.25, -0.2) is 0 Å². The second kappa shape index (κ2) is 6.97. The fraction of sp³-hybridized carbons (Fsp3) is 0.500. The van der Waals surface area contributed by atoms with Gasteiger partial charge in [0, 0.05) is 11.8 Å². The van der Waals surface area contributed by atoms with Gasteiger partial charge in [0.1, 0.15) is 5.54 Å². The van der Waals surface area contributed by atoms with Gasteiger partial charge < -0.3 is 9.84 Å². The van der Waals surface area contributed by atoms with E-state index in [1.807, 2.05) is 0 Å². The van der Waals surface area contributed by atoms with Crippen LogP contribution in [0.15, 0.2) is 27.6 Å². The normalized spacial score (nSPS) is 16.3. The Morgan fingerprint density at radius 1 is 1.29 bits per heavy atom. The summed E-state index contributed by atoms with van der Waals surface area (Å²) >= 11 is 1.58. The molecule has 3 rings (SSSR count). The Labute approximate surface area is 146 Å². The predicted molar refractivity (Wildman–Crippen MR) is 94.0 cm³/mol. The average Bonchev–Trinajstić information content (AvgIpc) is 3.18. The summed E-state index contributed by atoms with van der Waals surface area (Å²) in [6.07, 6.45) is 3.87. The van der Waals surface area contributed by atoms with Crippen molar-refractivity contribution >= 4 is 17.7 Å². The maximum atomic E-state index is 12.5. The Morgan fingerprint density at radius 2 is 2.04 bits per heavy atom. The number of aryl methyl sites for hydroxylation is 3. The molecule has 0 atom stereocenters. The number of nitrogens with zero attached hydrogens (tertiary/aromatic N) is 2. The zero-order valence-electron chi connectivity index (χ0n) is 14.4. The maximum Gasteiger partial charge on any atom is 0.231 e. The quantitative estimate of drug-likeness (QED) is 0.837. The number of carbonyl (C=O) groups excluding carboxylic acids is 1. The Balaban J connectivity index is 1.67. The van der Waals surface area contributed by atoms with Crippen molar-refractivity contribution in [2.24, 2.45) is 0 Å². The molecule has 128 valence electrons. The number of amides is 1. The van der Waals surface area contributed by atoms with Gasteiger partial charge >= 0.3 is 0 Å². The number of nitrogens with one attached hydrogen (secondary N) is 1. The highest BCUT2D eigenvalue weighted by atomic mass is 32.2. The molecule has 0 bridgehead atoms. The minimum absolute atomic E-state index is 0.0188. The summed E-state index contributed by atoms with van der Waals surface area (Å²) in [5.74, 6) is 1.56. The van der Waals surface area contributed by atoms with Gasteiger partial charge in [-0.1, -0.05) is 35.7 Å². The van der Waals surface area contributed by atoms with Crippen LogP contribution in [0.1, 0.15) is 48.5 Å². The molecule has 1 heterocycles. The predicted octanol–water partition coefficient (Wildman–Crippen LogP) is 3.67. The first-order chi connectivity index (χ1) is 11.5. The first kappa shape index (κ1) is 17.0. The van der Waals surface area contributed by atoms with Gasteiger partial charge in [-0.15, -0.1) is 11.8 Å². The number of carbonyl (C=O) groups is 1. The van der Waals surface area contributed by atoms with E-state index in [-0.39, 0.29) is 5.91 Å². The van der Waals surface area contributed by atoms with Crippen LogP contribution in [0.25, 0.3) is 0 Å². The van der Waals surface area contributed by atoms with Crippen LogP contribution in [0.5, 0.6) is 0 Å². The van der Waals surface area contributed by atoms with Gasteiger partial charge in [-0.3, -0.25) is 4.79 Å². The number of rotatable bonds is 5. The van der Waals surface area contributed by atoms with Crippen LogP contribution in [0.4, 0.5) is 0 Å². The molecular weight excluding hydrogens is 322 g/mol. The Kier molecular flexibility index (Phi) is 4.94. The average molecular weight is 345 g/mol. The second-order valence-electron chi connectivity index (χ2n) is 6.53. The van der Waals surface area contributed by atoms with E-state index in [9.17, 15) is 4.79 Å². The molecule has 1 N–H and O–H groups in total. The lowest BCUT2D eigenvalue weighted by molar-refractivity contribution is -0.120.